The number of hydrogen-bond acceptors (Lipinski definition) is 4. The van der Waals surface area contributed by atoms with E-state index in [9.17, 15) is 8.42 Å². The molecule has 0 unspecified atom stereocenters. The summed E-state index contributed by atoms with van der Waals surface area (Å²) in [4.78, 5) is 0.267. The van der Waals surface area contributed by atoms with Gasteiger partial charge in [-0.2, -0.15) is 0 Å². The predicted molar refractivity (Wildman–Crippen MR) is 79.5 cm³/mol. The lowest BCUT2D eigenvalue weighted by Gasteiger charge is -2.11. The average Bonchev–Trinajstić information content (AvgIpc) is 2.42. The number of methoxy groups -OCH3 is 1. The molecule has 0 spiro atoms. The molecule has 0 radical (unpaired) electrons. The van der Waals surface area contributed by atoms with Crippen LogP contribution < -0.4 is 10.5 Å². The number of anilines is 1. The molecule has 0 aliphatic heterocycles. The van der Waals surface area contributed by atoms with E-state index < -0.39 is 9.84 Å². The van der Waals surface area contributed by atoms with Crippen LogP contribution in [0.5, 0.6) is 5.75 Å². The summed E-state index contributed by atoms with van der Waals surface area (Å²) in [5, 5.41) is 0. The van der Waals surface area contributed by atoms with Gasteiger partial charge in [-0.3, -0.25) is 0 Å². The van der Waals surface area contributed by atoms with Crippen LogP contribution in [0.2, 0.25) is 0 Å². The van der Waals surface area contributed by atoms with Gasteiger partial charge < -0.3 is 10.5 Å². The van der Waals surface area contributed by atoms with Crippen molar-refractivity contribution < 1.29 is 13.2 Å². The molecule has 2 N–H and O–H groups in total. The Balaban J connectivity index is 2.44. The van der Waals surface area contributed by atoms with E-state index >= 15 is 0 Å². The fourth-order valence-electron chi connectivity index (χ4n) is 2.07. The molecule has 4 nitrogen and oxygen atoms in total. The maximum atomic E-state index is 12.5. The van der Waals surface area contributed by atoms with Crippen molar-refractivity contribution in [2.45, 2.75) is 17.6 Å². The number of benzene rings is 2. The molecule has 0 aliphatic rings. The first-order valence-electron chi connectivity index (χ1n) is 6.15. The van der Waals surface area contributed by atoms with Crippen molar-refractivity contribution in [2.24, 2.45) is 0 Å². The first kappa shape index (κ1) is 14.4. The summed E-state index contributed by atoms with van der Waals surface area (Å²) in [6, 6.07) is 12.0. The number of nitrogens with two attached hydrogens (primary N) is 1. The third-order valence-electron chi connectivity index (χ3n) is 3.20. The summed E-state index contributed by atoms with van der Waals surface area (Å²) in [5.74, 6) is 0.457. The number of para-hydroxylation sites is 1. The zero-order chi connectivity index (χ0) is 14.8. The molecule has 2 aromatic carbocycles. The quantitative estimate of drug-likeness (QED) is 0.879. The lowest BCUT2D eigenvalue weighted by Crippen LogP contribution is -2.09. The molecule has 106 valence electrons. The molecule has 2 rings (SSSR count). The SMILES string of the molecule is COc1ccccc1CS(=O)(=O)c1cccc(N)c1C. The minimum Gasteiger partial charge on any atom is -0.496 e. The van der Waals surface area contributed by atoms with E-state index in [0.29, 0.717) is 22.6 Å². The monoisotopic (exact) mass is 291 g/mol. The summed E-state index contributed by atoms with van der Waals surface area (Å²) in [7, 11) is -1.93. The molecule has 0 amide bonds. The van der Waals surface area contributed by atoms with Gasteiger partial charge in [-0.25, -0.2) is 8.42 Å². The Hall–Kier alpha value is -2.01. The first-order chi connectivity index (χ1) is 9.45. The number of ether oxygens (including phenoxy) is 1. The van der Waals surface area contributed by atoms with Gasteiger partial charge in [0.05, 0.1) is 17.8 Å². The fourth-order valence-corrected chi connectivity index (χ4v) is 3.75. The van der Waals surface area contributed by atoms with Gasteiger partial charge in [0.2, 0.25) is 0 Å². The second-order valence-electron chi connectivity index (χ2n) is 4.54. The van der Waals surface area contributed by atoms with Crippen LogP contribution in [0.3, 0.4) is 0 Å². The van der Waals surface area contributed by atoms with Crippen molar-refractivity contribution in [3.05, 3.63) is 53.6 Å². The molecule has 0 aromatic heterocycles. The average molecular weight is 291 g/mol. The minimum absolute atomic E-state index is 0.110. The van der Waals surface area contributed by atoms with E-state index in [-0.39, 0.29) is 10.6 Å². The van der Waals surface area contributed by atoms with Gasteiger partial charge in [0.1, 0.15) is 5.75 Å². The zero-order valence-corrected chi connectivity index (χ0v) is 12.3. The van der Waals surface area contributed by atoms with Crippen LogP contribution in [0.4, 0.5) is 5.69 Å². The van der Waals surface area contributed by atoms with Crippen molar-refractivity contribution in [1.29, 1.82) is 0 Å². The third kappa shape index (κ3) is 2.77. The Kier molecular flexibility index (Phi) is 3.99. The Morgan fingerprint density at radius 2 is 1.80 bits per heavy atom. The Bertz CT molecular complexity index is 724. The van der Waals surface area contributed by atoms with E-state index in [0.717, 1.165) is 0 Å². The number of sulfone groups is 1. The molecule has 20 heavy (non-hydrogen) atoms. The molecule has 0 atom stereocenters. The lowest BCUT2D eigenvalue weighted by molar-refractivity contribution is 0.411. The molecular weight excluding hydrogens is 274 g/mol. The summed E-state index contributed by atoms with van der Waals surface area (Å²) < 4.78 is 30.3. The van der Waals surface area contributed by atoms with Crippen LogP contribution in [0, 0.1) is 6.92 Å². The molecule has 0 heterocycles. The van der Waals surface area contributed by atoms with Crippen molar-refractivity contribution in [3.8, 4) is 5.75 Å². The van der Waals surface area contributed by atoms with Crippen molar-refractivity contribution in [3.63, 3.8) is 0 Å². The summed E-state index contributed by atoms with van der Waals surface area (Å²) >= 11 is 0. The van der Waals surface area contributed by atoms with Gasteiger partial charge in [0.15, 0.2) is 9.84 Å². The van der Waals surface area contributed by atoms with Gasteiger partial charge in [-0.15, -0.1) is 0 Å². The fraction of sp³-hybridized carbons (Fsp3) is 0.200. The van der Waals surface area contributed by atoms with Crippen LogP contribution >= 0.6 is 0 Å². The summed E-state index contributed by atoms with van der Waals surface area (Å²) in [6.45, 7) is 1.71. The van der Waals surface area contributed by atoms with E-state index in [4.69, 9.17) is 10.5 Å². The van der Waals surface area contributed by atoms with E-state index in [1.54, 1.807) is 49.4 Å². The standard InChI is InChI=1S/C15H17NO3S/c1-11-13(16)7-5-9-15(11)20(17,18)10-12-6-3-4-8-14(12)19-2/h3-9H,10,16H2,1-2H3. The molecular formula is C15H17NO3S. The number of nitrogen functional groups attached to an aromatic ring is 1. The molecule has 0 saturated heterocycles. The highest BCUT2D eigenvalue weighted by molar-refractivity contribution is 7.90. The summed E-state index contributed by atoms with van der Waals surface area (Å²) in [5.41, 5.74) is 7.48. The topological polar surface area (TPSA) is 69.4 Å². The van der Waals surface area contributed by atoms with Crippen LogP contribution in [-0.2, 0) is 15.6 Å². The summed E-state index contributed by atoms with van der Waals surface area (Å²) in [6.07, 6.45) is 0. The maximum Gasteiger partial charge on any atom is 0.182 e. The Morgan fingerprint density at radius 1 is 1.10 bits per heavy atom. The molecule has 0 fully saturated rings. The van der Waals surface area contributed by atoms with Crippen molar-refractivity contribution in [1.82, 2.24) is 0 Å². The lowest BCUT2D eigenvalue weighted by atomic mass is 10.2. The highest BCUT2D eigenvalue weighted by Gasteiger charge is 2.20. The second kappa shape index (κ2) is 5.54. The Morgan fingerprint density at radius 3 is 2.50 bits per heavy atom. The largest absolute Gasteiger partial charge is 0.496 e. The third-order valence-corrected chi connectivity index (χ3v) is 5.00. The van der Waals surface area contributed by atoms with Gasteiger partial charge >= 0.3 is 0 Å². The van der Waals surface area contributed by atoms with Crippen LogP contribution in [0.15, 0.2) is 47.4 Å². The van der Waals surface area contributed by atoms with E-state index in [2.05, 4.69) is 0 Å². The van der Waals surface area contributed by atoms with Gasteiger partial charge in [-0.1, -0.05) is 24.3 Å². The Labute approximate surface area is 119 Å². The highest BCUT2D eigenvalue weighted by atomic mass is 32.2. The molecule has 5 heteroatoms. The van der Waals surface area contributed by atoms with Crippen molar-refractivity contribution in [2.75, 3.05) is 12.8 Å². The smallest absolute Gasteiger partial charge is 0.182 e. The van der Waals surface area contributed by atoms with E-state index in [1.807, 2.05) is 0 Å². The number of hydrogen-bond donors (Lipinski definition) is 1. The second-order valence-corrected chi connectivity index (χ2v) is 6.50. The number of rotatable bonds is 4. The van der Waals surface area contributed by atoms with Gasteiger partial charge in [0.25, 0.3) is 0 Å². The van der Waals surface area contributed by atoms with Gasteiger partial charge in [0, 0.05) is 11.3 Å². The molecule has 0 saturated carbocycles. The normalized spacial score (nSPS) is 11.3. The molecule has 2 aromatic rings. The van der Waals surface area contributed by atoms with E-state index in [1.165, 1.54) is 7.11 Å². The van der Waals surface area contributed by atoms with Gasteiger partial charge in [-0.05, 0) is 30.7 Å². The molecule has 0 aliphatic carbocycles. The predicted octanol–water partition coefficient (Wildman–Crippen LogP) is 2.56. The van der Waals surface area contributed by atoms with Crippen molar-refractivity contribution >= 4 is 15.5 Å². The zero-order valence-electron chi connectivity index (χ0n) is 11.5. The highest BCUT2D eigenvalue weighted by Crippen LogP contribution is 2.27. The first-order valence-corrected chi connectivity index (χ1v) is 7.80. The van der Waals surface area contributed by atoms with Crippen LogP contribution in [0.1, 0.15) is 11.1 Å². The minimum atomic E-state index is -3.46. The molecule has 0 bridgehead atoms. The maximum absolute atomic E-state index is 12.5. The van der Waals surface area contributed by atoms with Crippen LogP contribution in [-0.4, -0.2) is 15.5 Å². The van der Waals surface area contributed by atoms with Crippen LogP contribution in [0.25, 0.3) is 0 Å².